The van der Waals surface area contributed by atoms with Gasteiger partial charge in [0.05, 0.1) is 11.0 Å². The van der Waals surface area contributed by atoms with E-state index in [1.54, 1.807) is 34.9 Å². The molecule has 0 unspecified atom stereocenters. The Morgan fingerprint density at radius 3 is 2.68 bits per heavy atom. The fourth-order valence-corrected chi connectivity index (χ4v) is 2.41. The number of halogens is 2. The van der Waals surface area contributed by atoms with Crippen LogP contribution in [0.5, 0.6) is 5.75 Å². The maximum absolute atomic E-state index is 11.9. The standard InChI is InChI=1S/C14H13BrClNO2/c1-10-8-13(15)14(18)17(9-10)6-7-19-12-4-2-11(16)3-5-12/h2-5,8-9H,6-7H2,1H3. The van der Waals surface area contributed by atoms with Crippen molar-refractivity contribution in [3.05, 3.63) is 61.9 Å². The predicted molar refractivity (Wildman–Crippen MR) is 80.1 cm³/mol. The lowest BCUT2D eigenvalue weighted by molar-refractivity contribution is 0.296. The minimum absolute atomic E-state index is 0.0506. The zero-order chi connectivity index (χ0) is 13.8. The first-order chi connectivity index (χ1) is 9.06. The number of rotatable bonds is 4. The second-order valence-electron chi connectivity index (χ2n) is 4.17. The molecule has 0 fully saturated rings. The van der Waals surface area contributed by atoms with Gasteiger partial charge in [-0.25, -0.2) is 0 Å². The van der Waals surface area contributed by atoms with E-state index in [-0.39, 0.29) is 5.56 Å². The van der Waals surface area contributed by atoms with Gasteiger partial charge in [0, 0.05) is 11.2 Å². The van der Waals surface area contributed by atoms with Crippen molar-refractivity contribution in [3.63, 3.8) is 0 Å². The molecule has 3 nitrogen and oxygen atoms in total. The Hall–Kier alpha value is -1.26. The topological polar surface area (TPSA) is 31.2 Å². The Bertz CT molecular complexity index is 622. The predicted octanol–water partition coefficient (Wildman–Crippen LogP) is 3.65. The smallest absolute Gasteiger partial charge is 0.264 e. The van der Waals surface area contributed by atoms with Gasteiger partial charge in [-0.2, -0.15) is 0 Å². The molecule has 1 heterocycles. The summed E-state index contributed by atoms with van der Waals surface area (Å²) < 4.78 is 7.77. The van der Waals surface area contributed by atoms with Crippen LogP contribution in [0.15, 0.2) is 45.8 Å². The molecule has 1 aromatic heterocycles. The largest absolute Gasteiger partial charge is 0.492 e. The lowest BCUT2D eigenvalue weighted by Gasteiger charge is -2.09. The van der Waals surface area contributed by atoms with E-state index in [1.807, 2.05) is 13.1 Å². The number of hydrogen-bond acceptors (Lipinski definition) is 2. The van der Waals surface area contributed by atoms with Gasteiger partial charge >= 0.3 is 0 Å². The maximum atomic E-state index is 11.9. The van der Waals surface area contributed by atoms with E-state index in [2.05, 4.69) is 15.9 Å². The number of nitrogens with zero attached hydrogens (tertiary/aromatic N) is 1. The SMILES string of the molecule is Cc1cc(Br)c(=O)n(CCOc2ccc(Cl)cc2)c1. The highest BCUT2D eigenvalue weighted by molar-refractivity contribution is 9.10. The summed E-state index contributed by atoms with van der Waals surface area (Å²) in [6.07, 6.45) is 1.82. The number of aryl methyl sites for hydroxylation is 1. The van der Waals surface area contributed by atoms with Crippen LogP contribution >= 0.6 is 27.5 Å². The molecular weight excluding hydrogens is 330 g/mol. The van der Waals surface area contributed by atoms with Gasteiger partial charge in [-0.1, -0.05) is 11.6 Å². The van der Waals surface area contributed by atoms with Gasteiger partial charge < -0.3 is 9.30 Å². The average Bonchev–Trinajstić information content (AvgIpc) is 2.37. The highest BCUT2D eigenvalue weighted by atomic mass is 79.9. The summed E-state index contributed by atoms with van der Waals surface area (Å²) >= 11 is 9.04. The highest BCUT2D eigenvalue weighted by Crippen LogP contribution is 2.15. The molecule has 0 saturated heterocycles. The normalized spacial score (nSPS) is 10.5. The first kappa shape index (κ1) is 14.2. The second kappa shape index (κ2) is 6.26. The van der Waals surface area contributed by atoms with E-state index in [1.165, 1.54) is 0 Å². The molecule has 100 valence electrons. The third kappa shape index (κ3) is 3.85. The van der Waals surface area contributed by atoms with Gasteiger partial charge in [-0.05, 0) is 58.7 Å². The second-order valence-corrected chi connectivity index (χ2v) is 5.46. The molecule has 0 radical (unpaired) electrons. The molecule has 0 atom stereocenters. The Balaban J connectivity index is 2.00. The summed E-state index contributed by atoms with van der Waals surface area (Å²) in [6, 6.07) is 8.95. The lowest BCUT2D eigenvalue weighted by atomic mass is 10.3. The Labute approximate surface area is 124 Å². The van der Waals surface area contributed by atoms with Gasteiger partial charge in [-0.15, -0.1) is 0 Å². The maximum Gasteiger partial charge on any atom is 0.264 e. The van der Waals surface area contributed by atoms with Crippen LogP contribution in [-0.2, 0) is 6.54 Å². The molecule has 0 saturated carbocycles. The molecule has 0 bridgehead atoms. The van der Waals surface area contributed by atoms with Crippen LogP contribution in [0.1, 0.15) is 5.56 Å². The van der Waals surface area contributed by atoms with E-state index in [9.17, 15) is 4.79 Å². The molecule has 0 aliphatic rings. The summed E-state index contributed by atoms with van der Waals surface area (Å²) in [5, 5.41) is 0.672. The Kier molecular flexibility index (Phi) is 4.66. The van der Waals surface area contributed by atoms with Crippen molar-refractivity contribution in [2.45, 2.75) is 13.5 Å². The van der Waals surface area contributed by atoms with Crippen molar-refractivity contribution in [3.8, 4) is 5.75 Å². The number of benzene rings is 1. The van der Waals surface area contributed by atoms with Gasteiger partial charge in [0.1, 0.15) is 12.4 Å². The third-order valence-electron chi connectivity index (χ3n) is 2.59. The molecule has 0 amide bonds. The summed E-state index contributed by atoms with van der Waals surface area (Å²) in [7, 11) is 0. The van der Waals surface area contributed by atoms with E-state index >= 15 is 0 Å². The summed E-state index contributed by atoms with van der Waals surface area (Å²) in [5.74, 6) is 0.740. The quantitative estimate of drug-likeness (QED) is 0.849. The highest BCUT2D eigenvalue weighted by Gasteiger charge is 2.02. The van der Waals surface area contributed by atoms with Gasteiger partial charge in [0.25, 0.3) is 5.56 Å². The lowest BCUT2D eigenvalue weighted by Crippen LogP contribution is -2.23. The van der Waals surface area contributed by atoms with E-state index in [0.29, 0.717) is 22.6 Å². The minimum atomic E-state index is -0.0506. The summed E-state index contributed by atoms with van der Waals surface area (Å²) in [5.41, 5.74) is 0.975. The molecule has 2 aromatic rings. The molecule has 2 rings (SSSR count). The Morgan fingerprint density at radius 2 is 2.00 bits per heavy atom. The van der Waals surface area contributed by atoms with Gasteiger partial charge in [0.2, 0.25) is 0 Å². The van der Waals surface area contributed by atoms with E-state index in [4.69, 9.17) is 16.3 Å². The molecule has 0 aliphatic heterocycles. The van der Waals surface area contributed by atoms with Gasteiger partial charge in [-0.3, -0.25) is 4.79 Å². The molecule has 0 aliphatic carbocycles. The van der Waals surface area contributed by atoms with Crippen LogP contribution in [0.25, 0.3) is 0 Å². The molecular formula is C14H13BrClNO2. The number of pyridine rings is 1. The molecule has 0 N–H and O–H groups in total. The molecule has 19 heavy (non-hydrogen) atoms. The van der Waals surface area contributed by atoms with Crippen LogP contribution in [0.4, 0.5) is 0 Å². The number of hydrogen-bond donors (Lipinski definition) is 0. The van der Waals surface area contributed by atoms with Crippen LogP contribution in [-0.4, -0.2) is 11.2 Å². The van der Waals surface area contributed by atoms with Crippen molar-refractivity contribution in [1.82, 2.24) is 4.57 Å². The Morgan fingerprint density at radius 1 is 1.32 bits per heavy atom. The summed E-state index contributed by atoms with van der Waals surface area (Å²) in [4.78, 5) is 11.9. The fraction of sp³-hybridized carbons (Fsp3) is 0.214. The summed E-state index contributed by atoms with van der Waals surface area (Å²) in [6.45, 7) is 2.87. The first-order valence-corrected chi connectivity index (χ1v) is 6.98. The monoisotopic (exact) mass is 341 g/mol. The van der Waals surface area contributed by atoms with Crippen LogP contribution in [0.2, 0.25) is 5.02 Å². The van der Waals surface area contributed by atoms with Crippen molar-refractivity contribution in [1.29, 1.82) is 0 Å². The van der Waals surface area contributed by atoms with Crippen molar-refractivity contribution < 1.29 is 4.74 Å². The first-order valence-electron chi connectivity index (χ1n) is 5.81. The van der Waals surface area contributed by atoms with Gasteiger partial charge in [0.15, 0.2) is 0 Å². The van der Waals surface area contributed by atoms with Crippen LogP contribution in [0, 0.1) is 6.92 Å². The minimum Gasteiger partial charge on any atom is -0.492 e. The van der Waals surface area contributed by atoms with E-state index in [0.717, 1.165) is 11.3 Å². The fourth-order valence-electron chi connectivity index (χ4n) is 1.70. The van der Waals surface area contributed by atoms with Crippen molar-refractivity contribution in [2.24, 2.45) is 0 Å². The molecule has 5 heteroatoms. The zero-order valence-electron chi connectivity index (χ0n) is 10.4. The van der Waals surface area contributed by atoms with Crippen molar-refractivity contribution >= 4 is 27.5 Å². The molecule has 1 aromatic carbocycles. The zero-order valence-corrected chi connectivity index (χ0v) is 12.7. The average molecular weight is 343 g/mol. The number of ether oxygens (including phenoxy) is 1. The molecule has 0 spiro atoms. The third-order valence-corrected chi connectivity index (χ3v) is 3.41. The van der Waals surface area contributed by atoms with Crippen LogP contribution in [0.3, 0.4) is 0 Å². The van der Waals surface area contributed by atoms with E-state index < -0.39 is 0 Å². The number of aromatic nitrogens is 1. The van der Waals surface area contributed by atoms with Crippen molar-refractivity contribution in [2.75, 3.05) is 6.61 Å². The van der Waals surface area contributed by atoms with Crippen LogP contribution < -0.4 is 10.3 Å².